The molecule has 0 saturated heterocycles. The van der Waals surface area contributed by atoms with E-state index in [1.54, 1.807) is 86.0 Å². The Morgan fingerprint density at radius 3 is 1.25 bits per heavy atom. The molecule has 0 radical (unpaired) electrons. The van der Waals surface area contributed by atoms with Gasteiger partial charge in [0.2, 0.25) is 0 Å². The van der Waals surface area contributed by atoms with Gasteiger partial charge < -0.3 is 0 Å². The Morgan fingerprint density at radius 2 is 0.792 bits per heavy atom. The van der Waals surface area contributed by atoms with Crippen LogP contribution in [-0.4, -0.2) is 29.7 Å². The van der Waals surface area contributed by atoms with E-state index >= 15 is 0 Å². The second kappa shape index (κ2) is 22.4. The van der Waals surface area contributed by atoms with Crippen LogP contribution in [0.5, 0.6) is 0 Å². The van der Waals surface area contributed by atoms with Gasteiger partial charge in [0.05, 0.1) is 0 Å². The highest BCUT2D eigenvalue weighted by molar-refractivity contribution is 6.41. The predicted molar refractivity (Wildman–Crippen MR) is 227 cm³/mol. The molecule has 0 heterocycles. The first-order chi connectivity index (χ1) is 23.3. The van der Waals surface area contributed by atoms with Crippen molar-refractivity contribution in [3.05, 3.63) is 0 Å². The molecular formula is C44H86B4. The van der Waals surface area contributed by atoms with E-state index in [1.165, 1.54) is 135 Å². The highest BCUT2D eigenvalue weighted by Crippen LogP contribution is 2.51. The highest BCUT2D eigenvalue weighted by atomic mass is 14.4. The van der Waals surface area contributed by atoms with Crippen molar-refractivity contribution < 1.29 is 0 Å². The summed E-state index contributed by atoms with van der Waals surface area (Å²) >= 11 is 0. The Balaban J connectivity index is 1.26. The van der Waals surface area contributed by atoms with Gasteiger partial charge in [0, 0.05) is 0 Å². The highest BCUT2D eigenvalue weighted by Gasteiger charge is 2.35. The van der Waals surface area contributed by atoms with E-state index < -0.39 is 0 Å². The molecule has 274 valence electrons. The van der Waals surface area contributed by atoms with Gasteiger partial charge in [-0.05, 0) is 24.2 Å². The third-order valence-electron chi connectivity index (χ3n) is 16.0. The molecule has 0 aromatic carbocycles. The van der Waals surface area contributed by atoms with E-state index in [9.17, 15) is 0 Å². The largest absolute Gasteiger partial charge is 0.127 e. The first kappa shape index (κ1) is 41.0. The molecule has 4 aliphatic rings. The summed E-state index contributed by atoms with van der Waals surface area (Å²) in [6.45, 7) is 10.2. The van der Waals surface area contributed by atoms with Crippen LogP contribution in [0.25, 0.3) is 0 Å². The number of hydrogen-bond donors (Lipinski definition) is 0. The van der Waals surface area contributed by atoms with E-state index in [4.69, 9.17) is 0 Å². The summed E-state index contributed by atoms with van der Waals surface area (Å²) in [5, 5.41) is 0.582. The summed E-state index contributed by atoms with van der Waals surface area (Å²) in [5.74, 6) is 7.10. The summed E-state index contributed by atoms with van der Waals surface area (Å²) in [4.78, 5) is 0. The lowest BCUT2D eigenvalue weighted by atomic mass is 9.41. The lowest BCUT2D eigenvalue weighted by Crippen LogP contribution is -2.27. The maximum absolute atomic E-state index is 2.74. The fourth-order valence-corrected chi connectivity index (χ4v) is 12.9. The van der Waals surface area contributed by atoms with Gasteiger partial charge in [-0.25, -0.2) is 0 Å². The topological polar surface area (TPSA) is 0 Å². The number of hydrogen-bond acceptors (Lipinski definition) is 0. The van der Waals surface area contributed by atoms with Gasteiger partial charge in [0.25, 0.3) is 0 Å². The van der Waals surface area contributed by atoms with Gasteiger partial charge >= 0.3 is 0 Å². The van der Waals surface area contributed by atoms with Crippen LogP contribution < -0.4 is 0 Å². The van der Waals surface area contributed by atoms with Crippen LogP contribution in [0.1, 0.15) is 227 Å². The van der Waals surface area contributed by atoms with Crippen LogP contribution in [0.4, 0.5) is 0 Å². The molecule has 4 saturated carbocycles. The molecule has 0 N–H and O–H groups in total. The van der Waals surface area contributed by atoms with Crippen LogP contribution in [0, 0.1) is 11.3 Å². The molecule has 0 amide bonds. The summed E-state index contributed by atoms with van der Waals surface area (Å²) in [5.41, 5.74) is 0.597. The SMILES string of the molecule is BC1(CC)CC(BC2CCCCC(BC3CCCCCCC3)CCC2)CCCC(BC2CCCCCCC(C)(C(CC)CC)CCC2)C1. The lowest BCUT2D eigenvalue weighted by Gasteiger charge is -2.40. The Hall–Kier alpha value is 0.260. The molecule has 4 fully saturated rings. The average molecular weight is 658 g/mol. The summed E-state index contributed by atoms with van der Waals surface area (Å²) in [7, 11) is 7.46. The average Bonchev–Trinajstić information content (AvgIpc) is 3.12. The van der Waals surface area contributed by atoms with Gasteiger partial charge in [-0.1, -0.05) is 254 Å². The normalized spacial score (nSPS) is 36.5. The van der Waals surface area contributed by atoms with E-state index in [1.807, 2.05) is 0 Å². The molecule has 4 aliphatic carbocycles. The van der Waals surface area contributed by atoms with Gasteiger partial charge in [-0.2, -0.15) is 0 Å². The molecule has 7 unspecified atom stereocenters. The van der Waals surface area contributed by atoms with Gasteiger partial charge in [-0.3, -0.25) is 0 Å². The van der Waals surface area contributed by atoms with Crippen LogP contribution in [0.3, 0.4) is 0 Å². The summed E-state index contributed by atoms with van der Waals surface area (Å²) in [6, 6.07) is 0. The number of rotatable bonds is 10. The molecular weight excluding hydrogens is 572 g/mol. The Bertz CT molecular complexity index is 821. The molecule has 0 aliphatic heterocycles. The fraction of sp³-hybridized carbons (Fsp3) is 1.00. The van der Waals surface area contributed by atoms with Crippen LogP contribution >= 0.6 is 0 Å². The molecule has 0 bridgehead atoms. The Kier molecular flexibility index (Phi) is 19.1. The Morgan fingerprint density at radius 1 is 0.458 bits per heavy atom. The molecule has 48 heavy (non-hydrogen) atoms. The summed E-state index contributed by atoms with van der Waals surface area (Å²) in [6.07, 6.45) is 46.9. The smallest absolute Gasteiger partial charge is 0.0656 e. The molecule has 4 rings (SSSR count). The molecule has 0 nitrogen and oxygen atoms in total. The molecule has 0 spiro atoms. The van der Waals surface area contributed by atoms with E-state index in [2.05, 4.69) is 35.5 Å². The van der Waals surface area contributed by atoms with Crippen molar-refractivity contribution in [2.24, 2.45) is 11.3 Å². The minimum absolute atomic E-state index is 0.582. The van der Waals surface area contributed by atoms with E-state index in [-0.39, 0.29) is 0 Å². The summed E-state index contributed by atoms with van der Waals surface area (Å²) < 4.78 is 0. The predicted octanol–water partition coefficient (Wildman–Crippen LogP) is 13.6. The second-order valence-electron chi connectivity index (χ2n) is 20.0. The maximum Gasteiger partial charge on any atom is 0.127 e. The Labute approximate surface area is 307 Å². The monoisotopic (exact) mass is 659 g/mol. The van der Waals surface area contributed by atoms with Crippen molar-refractivity contribution in [2.45, 2.75) is 267 Å². The van der Waals surface area contributed by atoms with E-state index in [0.717, 1.165) is 40.8 Å². The van der Waals surface area contributed by atoms with Crippen LogP contribution in [0.15, 0.2) is 0 Å². The molecule has 7 atom stereocenters. The van der Waals surface area contributed by atoms with E-state index in [0.29, 0.717) is 10.7 Å². The standard InChI is InChI=1S/C44H86B4/c1-5-36(6-2)43(4)32-18-12-11-15-24-40(31-21-33-43)48-42-30-20-29-41(34-44(45,7-3)35-42)47-39-26-17-16-25-38(27-19-28-39)46-37-22-13-9-8-10-14-23-37/h36-42,46-48H,5-35,45H2,1-4H3. The quantitative estimate of drug-likeness (QED) is 0.205. The molecule has 0 aromatic rings. The molecule has 0 aromatic heterocycles. The van der Waals surface area contributed by atoms with Crippen molar-refractivity contribution in [2.75, 3.05) is 0 Å². The van der Waals surface area contributed by atoms with Crippen molar-refractivity contribution in [1.82, 2.24) is 0 Å². The first-order valence-electron chi connectivity index (χ1n) is 23.3. The zero-order valence-corrected chi connectivity index (χ0v) is 34.1. The maximum atomic E-state index is 2.74. The first-order valence-corrected chi connectivity index (χ1v) is 23.3. The van der Waals surface area contributed by atoms with Crippen molar-refractivity contribution in [3.63, 3.8) is 0 Å². The van der Waals surface area contributed by atoms with Crippen LogP contribution in [-0.2, 0) is 0 Å². The van der Waals surface area contributed by atoms with Gasteiger partial charge in [0.15, 0.2) is 0 Å². The third kappa shape index (κ3) is 14.4. The second-order valence-corrected chi connectivity index (χ2v) is 20.0. The molecule has 4 heteroatoms. The van der Waals surface area contributed by atoms with Crippen LogP contribution in [0.2, 0.25) is 40.2 Å². The van der Waals surface area contributed by atoms with Gasteiger partial charge in [0.1, 0.15) is 29.7 Å². The van der Waals surface area contributed by atoms with Crippen molar-refractivity contribution >= 4 is 29.7 Å². The van der Waals surface area contributed by atoms with Gasteiger partial charge in [-0.15, -0.1) is 0 Å². The minimum atomic E-state index is 0.582. The third-order valence-corrected chi connectivity index (χ3v) is 16.0. The van der Waals surface area contributed by atoms with Crippen molar-refractivity contribution in [3.8, 4) is 0 Å². The van der Waals surface area contributed by atoms with Crippen molar-refractivity contribution in [1.29, 1.82) is 0 Å². The fourth-order valence-electron chi connectivity index (χ4n) is 12.9. The minimum Gasteiger partial charge on any atom is -0.0656 e. The lowest BCUT2D eigenvalue weighted by molar-refractivity contribution is 0.134. The zero-order chi connectivity index (χ0) is 34.1. The zero-order valence-electron chi connectivity index (χ0n) is 34.1.